The molecule has 0 aliphatic carbocycles. The van der Waals surface area contributed by atoms with E-state index in [2.05, 4.69) is 20.4 Å². The van der Waals surface area contributed by atoms with E-state index in [4.69, 9.17) is 9.15 Å². The minimum absolute atomic E-state index is 0.186. The van der Waals surface area contributed by atoms with E-state index in [0.717, 1.165) is 0 Å². The van der Waals surface area contributed by atoms with Gasteiger partial charge in [-0.25, -0.2) is 4.98 Å². The Kier molecular flexibility index (Phi) is 4.93. The predicted molar refractivity (Wildman–Crippen MR) is 110 cm³/mol. The molecule has 3 aromatic heterocycles. The lowest BCUT2D eigenvalue weighted by Crippen LogP contribution is -2.20. The van der Waals surface area contributed by atoms with Crippen molar-refractivity contribution in [3.8, 4) is 23.2 Å². The number of aryl methyl sites for hydroxylation is 1. The third-order valence-electron chi connectivity index (χ3n) is 4.66. The summed E-state index contributed by atoms with van der Waals surface area (Å²) in [5, 5.41) is 7.28. The molecule has 9 nitrogen and oxygen atoms in total. The zero-order valence-electron chi connectivity index (χ0n) is 16.6. The topological polar surface area (TPSA) is 115 Å². The van der Waals surface area contributed by atoms with Crippen molar-refractivity contribution in [2.24, 2.45) is 0 Å². The highest BCUT2D eigenvalue weighted by Crippen LogP contribution is 2.24. The number of furan rings is 1. The van der Waals surface area contributed by atoms with Gasteiger partial charge in [-0.2, -0.15) is 9.78 Å². The van der Waals surface area contributed by atoms with Crippen LogP contribution in [-0.4, -0.2) is 32.8 Å². The highest BCUT2D eigenvalue weighted by molar-refractivity contribution is 6.04. The third-order valence-corrected chi connectivity index (χ3v) is 4.66. The number of hydrogen-bond acceptors (Lipinski definition) is 6. The molecule has 4 aromatic rings. The molecule has 9 heteroatoms. The van der Waals surface area contributed by atoms with Gasteiger partial charge in [-0.15, -0.1) is 0 Å². The van der Waals surface area contributed by atoms with Gasteiger partial charge in [0.15, 0.2) is 5.76 Å². The van der Waals surface area contributed by atoms with Gasteiger partial charge in [-0.1, -0.05) is 0 Å². The van der Waals surface area contributed by atoms with Gasteiger partial charge in [-0.3, -0.25) is 14.6 Å². The average Bonchev–Trinajstić information content (AvgIpc) is 3.41. The molecule has 4 rings (SSSR count). The molecule has 0 fully saturated rings. The fourth-order valence-electron chi connectivity index (χ4n) is 2.84. The van der Waals surface area contributed by atoms with E-state index in [1.807, 2.05) is 0 Å². The van der Waals surface area contributed by atoms with E-state index in [1.54, 1.807) is 63.4 Å². The van der Waals surface area contributed by atoms with Gasteiger partial charge in [0.2, 0.25) is 5.95 Å². The predicted octanol–water partition coefficient (Wildman–Crippen LogP) is 3.09. The lowest BCUT2D eigenvalue weighted by atomic mass is 10.2. The maximum absolute atomic E-state index is 12.8. The number of carbonyl (C=O) groups is 1. The van der Waals surface area contributed by atoms with Crippen molar-refractivity contribution < 1.29 is 13.9 Å². The summed E-state index contributed by atoms with van der Waals surface area (Å²) in [6, 6.07) is 11.8. The van der Waals surface area contributed by atoms with E-state index in [1.165, 1.54) is 10.9 Å². The Morgan fingerprint density at radius 1 is 1.20 bits per heavy atom. The second-order valence-corrected chi connectivity index (χ2v) is 6.59. The molecular weight excluding hydrogens is 386 g/mol. The maximum Gasteiger partial charge on any atom is 0.256 e. The average molecular weight is 405 g/mol. The number of aromatic nitrogens is 4. The van der Waals surface area contributed by atoms with Crippen LogP contribution in [0.4, 0.5) is 5.82 Å². The van der Waals surface area contributed by atoms with E-state index in [9.17, 15) is 9.59 Å². The number of methoxy groups -OCH3 is 1. The van der Waals surface area contributed by atoms with Crippen LogP contribution in [0.1, 0.15) is 21.6 Å². The monoisotopic (exact) mass is 405 g/mol. The second-order valence-electron chi connectivity index (χ2n) is 6.59. The molecule has 152 valence electrons. The highest BCUT2D eigenvalue weighted by atomic mass is 16.5. The number of H-pyrrole nitrogens is 1. The molecule has 0 unspecified atom stereocenters. The van der Waals surface area contributed by atoms with Gasteiger partial charge < -0.3 is 14.5 Å². The van der Waals surface area contributed by atoms with Crippen molar-refractivity contribution in [1.82, 2.24) is 19.7 Å². The first kappa shape index (κ1) is 19.2. The van der Waals surface area contributed by atoms with Crippen LogP contribution in [0.5, 0.6) is 5.75 Å². The molecule has 0 atom stereocenters. The standard InChI is InChI=1S/C21H19N5O4/c1-12-13(2)22-21(24-19(12)27)26-18(11-16(25-26)17-5-4-10-30-17)23-20(28)14-6-8-15(29-3)9-7-14/h4-11H,1-3H3,(H,23,28)(H,22,24,27). The Hall–Kier alpha value is -4.14. The third kappa shape index (κ3) is 3.60. The van der Waals surface area contributed by atoms with Crippen LogP contribution in [0.15, 0.2) is 57.9 Å². The molecular formula is C21H19N5O4. The van der Waals surface area contributed by atoms with Crippen molar-refractivity contribution >= 4 is 11.7 Å². The summed E-state index contributed by atoms with van der Waals surface area (Å²) in [5.41, 5.74) is 1.72. The van der Waals surface area contributed by atoms with Crippen molar-refractivity contribution in [2.75, 3.05) is 12.4 Å². The lowest BCUT2D eigenvalue weighted by molar-refractivity contribution is 0.102. The second kappa shape index (κ2) is 7.70. The SMILES string of the molecule is COc1ccc(C(=O)Nc2cc(-c3ccco3)nn2-c2nc(C)c(C)c(=O)[nH]2)cc1. The number of aromatic amines is 1. The highest BCUT2D eigenvalue weighted by Gasteiger charge is 2.18. The first-order valence-corrected chi connectivity index (χ1v) is 9.13. The number of ether oxygens (including phenoxy) is 1. The molecule has 3 heterocycles. The summed E-state index contributed by atoms with van der Waals surface area (Å²) in [7, 11) is 1.56. The Labute approximate surface area is 171 Å². The van der Waals surface area contributed by atoms with Crippen LogP contribution in [0, 0.1) is 13.8 Å². The largest absolute Gasteiger partial charge is 0.497 e. The molecule has 0 aliphatic heterocycles. The van der Waals surface area contributed by atoms with E-state index in [-0.39, 0.29) is 17.4 Å². The van der Waals surface area contributed by atoms with Crippen LogP contribution >= 0.6 is 0 Å². The number of nitrogens with zero attached hydrogens (tertiary/aromatic N) is 3. The van der Waals surface area contributed by atoms with Gasteiger partial charge in [0.05, 0.1) is 13.4 Å². The van der Waals surface area contributed by atoms with Crippen molar-refractivity contribution in [3.05, 3.63) is 75.9 Å². The van der Waals surface area contributed by atoms with Gasteiger partial charge in [0.25, 0.3) is 11.5 Å². The zero-order chi connectivity index (χ0) is 21.3. The van der Waals surface area contributed by atoms with Crippen molar-refractivity contribution in [2.45, 2.75) is 13.8 Å². The molecule has 0 saturated heterocycles. The Bertz CT molecular complexity index is 1250. The van der Waals surface area contributed by atoms with Crippen molar-refractivity contribution in [3.63, 3.8) is 0 Å². The molecule has 0 spiro atoms. The number of nitrogens with one attached hydrogen (secondary N) is 2. The number of amides is 1. The number of anilines is 1. The summed E-state index contributed by atoms with van der Waals surface area (Å²) < 4.78 is 11.9. The normalized spacial score (nSPS) is 10.8. The van der Waals surface area contributed by atoms with Crippen LogP contribution in [0.3, 0.4) is 0 Å². The summed E-state index contributed by atoms with van der Waals surface area (Å²) >= 11 is 0. The van der Waals surface area contributed by atoms with Crippen LogP contribution < -0.4 is 15.6 Å². The van der Waals surface area contributed by atoms with Gasteiger partial charge >= 0.3 is 0 Å². The molecule has 30 heavy (non-hydrogen) atoms. The fourth-order valence-corrected chi connectivity index (χ4v) is 2.84. The first-order chi connectivity index (χ1) is 14.5. The Morgan fingerprint density at radius 2 is 1.97 bits per heavy atom. The number of carbonyl (C=O) groups excluding carboxylic acids is 1. The molecule has 0 bridgehead atoms. The van der Waals surface area contributed by atoms with E-state index < -0.39 is 0 Å². The summed E-state index contributed by atoms with van der Waals surface area (Å²) in [4.78, 5) is 32.1. The summed E-state index contributed by atoms with van der Waals surface area (Å²) in [6.07, 6.45) is 1.53. The van der Waals surface area contributed by atoms with Gasteiger partial charge in [0.1, 0.15) is 17.3 Å². The minimum atomic E-state index is -0.351. The quantitative estimate of drug-likeness (QED) is 0.527. The smallest absolute Gasteiger partial charge is 0.256 e. The van der Waals surface area contributed by atoms with E-state index >= 15 is 0 Å². The molecule has 2 N–H and O–H groups in total. The first-order valence-electron chi connectivity index (χ1n) is 9.13. The number of benzene rings is 1. The van der Waals surface area contributed by atoms with Crippen LogP contribution in [0.2, 0.25) is 0 Å². The maximum atomic E-state index is 12.8. The lowest BCUT2D eigenvalue weighted by Gasteiger charge is -2.09. The molecule has 1 aromatic carbocycles. The molecule has 0 saturated carbocycles. The molecule has 1 amide bonds. The number of rotatable bonds is 5. The van der Waals surface area contributed by atoms with Crippen LogP contribution in [0.25, 0.3) is 17.4 Å². The fraction of sp³-hybridized carbons (Fsp3) is 0.143. The summed E-state index contributed by atoms with van der Waals surface area (Å²) in [5.74, 6) is 1.32. The van der Waals surface area contributed by atoms with Crippen molar-refractivity contribution in [1.29, 1.82) is 0 Å². The van der Waals surface area contributed by atoms with Crippen LogP contribution in [-0.2, 0) is 0 Å². The Balaban J connectivity index is 1.76. The number of hydrogen-bond donors (Lipinski definition) is 2. The Morgan fingerprint density at radius 3 is 2.60 bits per heavy atom. The van der Waals surface area contributed by atoms with Gasteiger partial charge in [-0.05, 0) is 50.2 Å². The summed E-state index contributed by atoms with van der Waals surface area (Å²) in [6.45, 7) is 3.43. The molecule has 0 radical (unpaired) electrons. The van der Waals surface area contributed by atoms with Gasteiger partial charge in [0, 0.05) is 22.9 Å². The van der Waals surface area contributed by atoms with E-state index in [0.29, 0.717) is 39.8 Å². The zero-order valence-corrected chi connectivity index (χ0v) is 16.6. The molecule has 0 aliphatic rings. The minimum Gasteiger partial charge on any atom is -0.497 e.